The number of carbonyl (C=O) groups excluding carboxylic acids is 1. The molecule has 1 atom stereocenters. The summed E-state index contributed by atoms with van der Waals surface area (Å²) < 4.78 is 1.54. The molecule has 2 rings (SSSR count). The van der Waals surface area contributed by atoms with Gasteiger partial charge in [0, 0.05) is 36.7 Å². The van der Waals surface area contributed by atoms with Gasteiger partial charge in [0.25, 0.3) is 5.56 Å². The van der Waals surface area contributed by atoms with Crippen LogP contribution in [0.5, 0.6) is 0 Å². The van der Waals surface area contributed by atoms with Gasteiger partial charge in [0.1, 0.15) is 0 Å². The van der Waals surface area contributed by atoms with Crippen LogP contribution >= 0.6 is 11.3 Å². The first-order valence-corrected chi connectivity index (χ1v) is 8.08. The predicted molar refractivity (Wildman–Crippen MR) is 89.1 cm³/mol. The first-order valence-electron chi connectivity index (χ1n) is 7.20. The number of pyridine rings is 1. The molecule has 0 spiro atoms. The number of amides is 1. The molecule has 0 aliphatic heterocycles. The molecule has 0 saturated carbocycles. The van der Waals surface area contributed by atoms with Gasteiger partial charge in [-0.15, -0.1) is 11.3 Å². The Kier molecular flexibility index (Phi) is 5.91. The minimum Gasteiger partial charge on any atom is -0.354 e. The molecule has 118 valence electrons. The van der Waals surface area contributed by atoms with Gasteiger partial charge in [0.05, 0.1) is 6.04 Å². The molecule has 0 aliphatic carbocycles. The molecule has 2 heterocycles. The number of hydrogen-bond donors (Lipinski definition) is 1. The molecular weight excluding hydrogens is 298 g/mol. The van der Waals surface area contributed by atoms with Crippen molar-refractivity contribution in [1.29, 1.82) is 0 Å². The fraction of sp³-hybridized carbons (Fsp3) is 0.375. The standard InChI is InChI=1S/C16H21N3O2S/c1-18(2)13(14-6-5-11-22-14)12-17-15(20)8-10-19-9-4-3-7-16(19)21/h3-7,9,11,13H,8,10,12H2,1-2H3,(H,17,20). The van der Waals surface area contributed by atoms with E-state index >= 15 is 0 Å². The second-order valence-electron chi connectivity index (χ2n) is 5.28. The summed E-state index contributed by atoms with van der Waals surface area (Å²) in [5, 5.41) is 4.99. The molecule has 0 bridgehead atoms. The van der Waals surface area contributed by atoms with E-state index in [0.29, 0.717) is 19.5 Å². The zero-order chi connectivity index (χ0) is 15.9. The molecule has 1 unspecified atom stereocenters. The smallest absolute Gasteiger partial charge is 0.250 e. The summed E-state index contributed by atoms with van der Waals surface area (Å²) in [5.41, 5.74) is -0.0833. The van der Waals surface area contributed by atoms with E-state index in [1.54, 1.807) is 34.2 Å². The van der Waals surface area contributed by atoms with Crippen LogP contribution in [0, 0.1) is 0 Å². The lowest BCUT2D eigenvalue weighted by atomic mass is 10.2. The number of thiophene rings is 1. The Hall–Kier alpha value is -1.92. The Morgan fingerprint density at radius 3 is 2.77 bits per heavy atom. The van der Waals surface area contributed by atoms with Gasteiger partial charge in [-0.2, -0.15) is 0 Å². The SMILES string of the molecule is CN(C)C(CNC(=O)CCn1ccccc1=O)c1cccs1. The summed E-state index contributed by atoms with van der Waals surface area (Å²) in [4.78, 5) is 26.9. The largest absolute Gasteiger partial charge is 0.354 e. The van der Waals surface area contributed by atoms with E-state index in [2.05, 4.69) is 16.3 Å². The third-order valence-corrected chi connectivity index (χ3v) is 4.44. The highest BCUT2D eigenvalue weighted by Gasteiger charge is 2.16. The Balaban J connectivity index is 1.84. The van der Waals surface area contributed by atoms with Gasteiger partial charge < -0.3 is 14.8 Å². The van der Waals surface area contributed by atoms with Crippen LogP contribution in [0.1, 0.15) is 17.3 Å². The van der Waals surface area contributed by atoms with Crippen molar-refractivity contribution in [3.63, 3.8) is 0 Å². The lowest BCUT2D eigenvalue weighted by Gasteiger charge is -2.23. The number of nitrogens with one attached hydrogen (secondary N) is 1. The fourth-order valence-electron chi connectivity index (χ4n) is 2.18. The van der Waals surface area contributed by atoms with E-state index in [4.69, 9.17) is 0 Å². The van der Waals surface area contributed by atoms with Crippen molar-refractivity contribution in [3.05, 3.63) is 57.1 Å². The van der Waals surface area contributed by atoms with Crippen LogP contribution < -0.4 is 10.9 Å². The lowest BCUT2D eigenvalue weighted by molar-refractivity contribution is -0.121. The van der Waals surface area contributed by atoms with E-state index < -0.39 is 0 Å². The van der Waals surface area contributed by atoms with E-state index in [-0.39, 0.29) is 17.5 Å². The summed E-state index contributed by atoms with van der Waals surface area (Å²) >= 11 is 1.68. The van der Waals surface area contributed by atoms with E-state index in [0.717, 1.165) is 0 Å². The number of carbonyl (C=O) groups is 1. The summed E-state index contributed by atoms with van der Waals surface area (Å²) in [6.45, 7) is 0.965. The van der Waals surface area contributed by atoms with Crippen LogP contribution in [0.4, 0.5) is 0 Å². The molecule has 2 aromatic heterocycles. The van der Waals surface area contributed by atoms with Crippen molar-refractivity contribution < 1.29 is 4.79 Å². The quantitative estimate of drug-likeness (QED) is 0.845. The number of nitrogens with zero attached hydrogens (tertiary/aromatic N) is 2. The van der Waals surface area contributed by atoms with Gasteiger partial charge in [-0.3, -0.25) is 9.59 Å². The van der Waals surface area contributed by atoms with Crippen molar-refractivity contribution >= 4 is 17.2 Å². The van der Waals surface area contributed by atoms with E-state index in [1.165, 1.54) is 10.9 Å². The first kappa shape index (κ1) is 16.5. The molecule has 1 N–H and O–H groups in total. The molecule has 2 aromatic rings. The molecular formula is C16H21N3O2S. The van der Waals surface area contributed by atoms with Gasteiger partial charge >= 0.3 is 0 Å². The highest BCUT2D eigenvalue weighted by atomic mass is 32.1. The Morgan fingerprint density at radius 2 is 2.14 bits per heavy atom. The van der Waals surface area contributed by atoms with Crippen LogP contribution in [0.15, 0.2) is 46.7 Å². The topological polar surface area (TPSA) is 54.3 Å². The van der Waals surface area contributed by atoms with Gasteiger partial charge in [0.15, 0.2) is 0 Å². The average Bonchev–Trinajstić information content (AvgIpc) is 3.00. The molecule has 1 amide bonds. The van der Waals surface area contributed by atoms with Crippen molar-refractivity contribution in [1.82, 2.24) is 14.8 Å². The molecule has 6 heteroatoms. The Morgan fingerprint density at radius 1 is 1.32 bits per heavy atom. The maximum absolute atomic E-state index is 12.0. The van der Waals surface area contributed by atoms with Crippen LogP contribution in [0.25, 0.3) is 0 Å². The van der Waals surface area contributed by atoms with Gasteiger partial charge in [0.2, 0.25) is 5.91 Å². The third kappa shape index (κ3) is 4.54. The summed E-state index contributed by atoms with van der Waals surface area (Å²) in [6.07, 6.45) is 2.00. The summed E-state index contributed by atoms with van der Waals surface area (Å²) in [6, 6.07) is 9.24. The summed E-state index contributed by atoms with van der Waals surface area (Å²) in [7, 11) is 4.00. The van der Waals surface area contributed by atoms with Crippen LogP contribution in [0.3, 0.4) is 0 Å². The molecule has 0 aliphatic rings. The zero-order valence-electron chi connectivity index (χ0n) is 12.9. The fourth-order valence-corrected chi connectivity index (χ4v) is 3.11. The maximum atomic E-state index is 12.0. The molecule has 22 heavy (non-hydrogen) atoms. The molecule has 0 aromatic carbocycles. The van der Waals surface area contributed by atoms with Crippen molar-refractivity contribution in [2.24, 2.45) is 0 Å². The lowest BCUT2D eigenvalue weighted by Crippen LogP contribution is -2.35. The number of likely N-dealkylation sites (N-methyl/N-ethyl adjacent to an activating group) is 1. The minimum absolute atomic E-state index is 0.0424. The number of rotatable bonds is 7. The van der Waals surface area contributed by atoms with E-state index in [1.807, 2.05) is 25.5 Å². The second-order valence-corrected chi connectivity index (χ2v) is 6.26. The molecule has 5 nitrogen and oxygen atoms in total. The van der Waals surface area contributed by atoms with Crippen molar-refractivity contribution in [2.45, 2.75) is 19.0 Å². The monoisotopic (exact) mass is 319 g/mol. The average molecular weight is 319 g/mol. The normalized spacial score (nSPS) is 12.3. The molecule has 0 radical (unpaired) electrons. The third-order valence-electron chi connectivity index (χ3n) is 3.47. The first-order chi connectivity index (χ1) is 10.6. The van der Waals surface area contributed by atoms with Gasteiger partial charge in [-0.25, -0.2) is 0 Å². The predicted octanol–water partition coefficient (Wildman–Crippen LogP) is 1.72. The summed E-state index contributed by atoms with van der Waals surface area (Å²) in [5.74, 6) is -0.0424. The second kappa shape index (κ2) is 7.91. The number of hydrogen-bond acceptors (Lipinski definition) is 4. The van der Waals surface area contributed by atoms with Gasteiger partial charge in [-0.1, -0.05) is 12.1 Å². The number of aryl methyl sites for hydroxylation is 1. The number of aromatic nitrogens is 1. The maximum Gasteiger partial charge on any atom is 0.250 e. The zero-order valence-corrected chi connectivity index (χ0v) is 13.7. The van der Waals surface area contributed by atoms with Crippen molar-refractivity contribution in [3.8, 4) is 0 Å². The molecule has 0 saturated heterocycles. The highest BCUT2D eigenvalue weighted by Crippen LogP contribution is 2.22. The Bertz CT molecular complexity index is 649. The highest BCUT2D eigenvalue weighted by molar-refractivity contribution is 7.10. The van der Waals surface area contributed by atoms with Gasteiger partial charge in [-0.05, 0) is 31.6 Å². The van der Waals surface area contributed by atoms with Crippen molar-refractivity contribution in [2.75, 3.05) is 20.6 Å². The van der Waals surface area contributed by atoms with E-state index in [9.17, 15) is 9.59 Å². The minimum atomic E-state index is -0.0833. The Labute approximate surface area is 134 Å². The van der Waals surface area contributed by atoms with Crippen LogP contribution in [0.2, 0.25) is 0 Å². The van der Waals surface area contributed by atoms with Crippen LogP contribution in [-0.4, -0.2) is 36.0 Å². The van der Waals surface area contributed by atoms with Crippen LogP contribution in [-0.2, 0) is 11.3 Å². The molecule has 0 fully saturated rings.